The topological polar surface area (TPSA) is 54.9 Å². The number of carbonyl (C=O) groups excluding carboxylic acids is 1. The fourth-order valence-corrected chi connectivity index (χ4v) is 4.63. The molecule has 0 aliphatic carbocycles. The van der Waals surface area contributed by atoms with E-state index in [2.05, 4.69) is 15.3 Å². The molecule has 2 aromatic heterocycles. The highest BCUT2D eigenvalue weighted by molar-refractivity contribution is 8.00. The molecule has 0 radical (unpaired) electrons. The molecular weight excluding hydrogens is 490 g/mol. The number of thiazole rings is 1. The molecule has 0 aliphatic heterocycles. The highest BCUT2D eigenvalue weighted by atomic mass is 35.5. The molecule has 0 spiro atoms. The first kappa shape index (κ1) is 27.2. The molecule has 0 saturated carbocycles. The first-order valence-corrected chi connectivity index (χ1v) is 11.5. The molecule has 0 atom stereocenters. The Hall–Kier alpha value is -1.81. The third kappa shape index (κ3) is 9.06. The van der Waals surface area contributed by atoms with Crippen LogP contribution in [0.1, 0.15) is 35.6 Å². The van der Waals surface area contributed by atoms with Crippen LogP contribution in [0.15, 0.2) is 46.8 Å². The zero-order valence-electron chi connectivity index (χ0n) is 16.8. The summed E-state index contributed by atoms with van der Waals surface area (Å²) in [6.45, 7) is 4.00. The van der Waals surface area contributed by atoms with E-state index in [1.807, 2.05) is 13.8 Å². The lowest BCUT2D eigenvalue weighted by Crippen LogP contribution is -2.07. The largest absolute Gasteiger partial charge is 0.435 e. The SMILES string of the molecule is CC.CNc1nc(C(F)(F)F)c(SCc2ccc(Cl)cc2Cl)s1.O=Cc1ccccn1. The number of aldehydes is 1. The van der Waals surface area contributed by atoms with E-state index in [0.717, 1.165) is 34.9 Å². The highest BCUT2D eigenvalue weighted by Gasteiger charge is 2.37. The predicted octanol–water partition coefficient (Wildman–Crippen LogP) is 7.72. The van der Waals surface area contributed by atoms with E-state index < -0.39 is 11.9 Å². The Bertz CT molecular complexity index is 955. The van der Waals surface area contributed by atoms with Gasteiger partial charge in [0.25, 0.3) is 0 Å². The van der Waals surface area contributed by atoms with Crippen LogP contribution in [0, 0.1) is 0 Å². The maximum atomic E-state index is 12.9. The second-order valence-electron chi connectivity index (χ2n) is 5.30. The van der Waals surface area contributed by atoms with Crippen LogP contribution in [0.25, 0.3) is 0 Å². The van der Waals surface area contributed by atoms with Crippen LogP contribution in [-0.4, -0.2) is 23.3 Å². The lowest BCUT2D eigenvalue weighted by molar-refractivity contribution is -0.142. The average molecular weight is 510 g/mol. The third-order valence-electron chi connectivity index (χ3n) is 3.26. The highest BCUT2D eigenvalue weighted by Crippen LogP contribution is 2.42. The van der Waals surface area contributed by atoms with Crippen LogP contribution in [-0.2, 0) is 11.9 Å². The number of thioether (sulfide) groups is 1. The lowest BCUT2D eigenvalue weighted by Gasteiger charge is -2.07. The van der Waals surface area contributed by atoms with Gasteiger partial charge in [-0.25, -0.2) is 4.98 Å². The van der Waals surface area contributed by atoms with Gasteiger partial charge >= 0.3 is 6.18 Å². The number of pyridine rings is 1. The molecule has 2 heterocycles. The van der Waals surface area contributed by atoms with Crippen molar-refractivity contribution in [1.29, 1.82) is 0 Å². The van der Waals surface area contributed by atoms with Gasteiger partial charge in [0.2, 0.25) is 0 Å². The average Bonchev–Trinajstić information content (AvgIpc) is 3.20. The molecule has 11 heteroatoms. The van der Waals surface area contributed by atoms with Crippen molar-refractivity contribution >= 4 is 57.7 Å². The number of hydrogen-bond acceptors (Lipinski definition) is 6. The summed E-state index contributed by atoms with van der Waals surface area (Å²) in [5.74, 6) is 0.310. The number of carbonyl (C=O) groups is 1. The van der Waals surface area contributed by atoms with Gasteiger partial charge in [-0.2, -0.15) is 13.2 Å². The number of halogens is 5. The number of rotatable bonds is 5. The summed E-state index contributed by atoms with van der Waals surface area (Å²) in [5, 5.41) is 3.77. The van der Waals surface area contributed by atoms with Crippen molar-refractivity contribution in [3.8, 4) is 0 Å². The van der Waals surface area contributed by atoms with Crippen molar-refractivity contribution in [2.75, 3.05) is 12.4 Å². The molecule has 31 heavy (non-hydrogen) atoms. The fraction of sp³-hybridized carbons (Fsp3) is 0.250. The van der Waals surface area contributed by atoms with Gasteiger partial charge in [0.15, 0.2) is 17.1 Å². The van der Waals surface area contributed by atoms with Gasteiger partial charge in [0.05, 0.1) is 4.21 Å². The van der Waals surface area contributed by atoms with Crippen molar-refractivity contribution in [3.63, 3.8) is 0 Å². The predicted molar refractivity (Wildman–Crippen MR) is 124 cm³/mol. The van der Waals surface area contributed by atoms with Crippen LogP contribution < -0.4 is 5.32 Å². The quantitative estimate of drug-likeness (QED) is 0.281. The monoisotopic (exact) mass is 509 g/mol. The number of anilines is 1. The van der Waals surface area contributed by atoms with Crippen LogP contribution in [0.2, 0.25) is 10.0 Å². The van der Waals surface area contributed by atoms with Crippen LogP contribution >= 0.6 is 46.3 Å². The molecule has 0 saturated heterocycles. The number of benzene rings is 1. The molecule has 0 fully saturated rings. The summed E-state index contributed by atoms with van der Waals surface area (Å²) in [6.07, 6.45) is -2.17. The number of nitrogens with zero attached hydrogens (tertiary/aromatic N) is 2. The number of hydrogen-bond donors (Lipinski definition) is 1. The van der Waals surface area contributed by atoms with Gasteiger partial charge in [-0.1, -0.05) is 60.5 Å². The minimum Gasteiger partial charge on any atom is -0.365 e. The van der Waals surface area contributed by atoms with Gasteiger partial charge in [-0.3, -0.25) is 9.78 Å². The first-order chi connectivity index (χ1) is 14.7. The Morgan fingerprint density at radius 2 is 1.90 bits per heavy atom. The van der Waals surface area contributed by atoms with Crippen LogP contribution in [0.5, 0.6) is 0 Å². The normalized spacial score (nSPS) is 10.3. The number of aromatic nitrogens is 2. The molecule has 0 amide bonds. The minimum absolute atomic E-state index is 0.109. The van der Waals surface area contributed by atoms with Gasteiger partial charge in [-0.05, 0) is 29.8 Å². The van der Waals surface area contributed by atoms with Crippen molar-refractivity contribution in [1.82, 2.24) is 9.97 Å². The zero-order valence-corrected chi connectivity index (χ0v) is 20.0. The maximum absolute atomic E-state index is 12.9. The summed E-state index contributed by atoms with van der Waals surface area (Å²) >= 11 is 13.8. The van der Waals surface area contributed by atoms with Crippen molar-refractivity contribution in [3.05, 3.63) is 69.6 Å². The molecule has 1 N–H and O–H groups in total. The van der Waals surface area contributed by atoms with E-state index in [0.29, 0.717) is 21.5 Å². The van der Waals surface area contributed by atoms with Crippen LogP contribution in [0.3, 0.4) is 0 Å². The summed E-state index contributed by atoms with van der Waals surface area (Å²) in [4.78, 5) is 17.2. The molecule has 0 bridgehead atoms. The third-order valence-corrected chi connectivity index (χ3v) is 6.23. The van der Waals surface area contributed by atoms with Crippen molar-refractivity contribution in [2.45, 2.75) is 30.0 Å². The van der Waals surface area contributed by atoms with Gasteiger partial charge in [0.1, 0.15) is 5.69 Å². The van der Waals surface area contributed by atoms with E-state index in [1.165, 1.54) is 7.05 Å². The Morgan fingerprint density at radius 3 is 2.39 bits per heavy atom. The van der Waals surface area contributed by atoms with Crippen molar-refractivity contribution < 1.29 is 18.0 Å². The Morgan fingerprint density at radius 1 is 1.19 bits per heavy atom. The summed E-state index contributed by atoms with van der Waals surface area (Å²) in [7, 11) is 1.53. The van der Waals surface area contributed by atoms with Gasteiger partial charge in [0, 0.05) is 29.0 Å². The standard InChI is InChI=1S/C12H9Cl2F3N2S2.C6H5NO.C2H6/c1-18-11-19-9(12(15,16)17)10(21-11)20-5-6-2-3-7(13)4-8(6)14;8-5-6-3-1-2-4-7-6;1-2/h2-4H,5H2,1H3,(H,18,19);1-5H;1-2H3. The summed E-state index contributed by atoms with van der Waals surface area (Å²) in [5.41, 5.74) is 0.332. The Labute approximate surface area is 197 Å². The number of nitrogens with one attached hydrogen (secondary N) is 1. The summed E-state index contributed by atoms with van der Waals surface area (Å²) < 4.78 is 38.9. The van der Waals surface area contributed by atoms with E-state index in [1.54, 1.807) is 42.6 Å². The molecule has 1 aromatic carbocycles. The molecular formula is C20H20Cl2F3N3OS2. The van der Waals surface area contributed by atoms with Gasteiger partial charge in [-0.15, -0.1) is 11.8 Å². The Balaban J connectivity index is 0.000000400. The first-order valence-electron chi connectivity index (χ1n) is 8.93. The second-order valence-corrected chi connectivity index (χ2v) is 8.39. The van der Waals surface area contributed by atoms with E-state index in [-0.39, 0.29) is 9.34 Å². The molecule has 0 unspecified atom stereocenters. The molecule has 3 aromatic rings. The Kier molecular flexibility index (Phi) is 11.9. The van der Waals surface area contributed by atoms with Crippen molar-refractivity contribution in [2.24, 2.45) is 0 Å². The molecule has 3 rings (SSSR count). The summed E-state index contributed by atoms with van der Waals surface area (Å²) in [6, 6.07) is 10.1. The molecule has 4 nitrogen and oxygen atoms in total. The maximum Gasteiger partial charge on any atom is 0.435 e. The second kappa shape index (κ2) is 13.6. The van der Waals surface area contributed by atoms with E-state index in [9.17, 15) is 18.0 Å². The lowest BCUT2D eigenvalue weighted by atomic mass is 10.2. The molecule has 168 valence electrons. The zero-order chi connectivity index (χ0) is 23.4. The van der Waals surface area contributed by atoms with Gasteiger partial charge < -0.3 is 5.32 Å². The smallest absolute Gasteiger partial charge is 0.365 e. The fourth-order valence-electron chi connectivity index (χ4n) is 1.92. The molecule has 0 aliphatic rings. The minimum atomic E-state index is -4.47. The van der Waals surface area contributed by atoms with E-state index in [4.69, 9.17) is 23.2 Å². The van der Waals surface area contributed by atoms with E-state index >= 15 is 0 Å². The number of alkyl halides is 3. The van der Waals surface area contributed by atoms with Crippen LogP contribution in [0.4, 0.5) is 18.3 Å².